The molecule has 6 heteroatoms. The zero-order valence-electron chi connectivity index (χ0n) is 9.93. The van der Waals surface area contributed by atoms with E-state index in [-0.39, 0.29) is 0 Å². The van der Waals surface area contributed by atoms with Crippen molar-refractivity contribution >= 4 is 23.9 Å². The number of nitrogens with zero attached hydrogens (tertiary/aromatic N) is 1. The Bertz CT molecular complexity index is 580. The van der Waals surface area contributed by atoms with Crippen LogP contribution in [0, 0.1) is 4.77 Å². The van der Waals surface area contributed by atoms with Gasteiger partial charge < -0.3 is 21.2 Å². The second-order valence-electron chi connectivity index (χ2n) is 3.84. The number of aromatic nitrogens is 2. The molecule has 0 spiro atoms. The van der Waals surface area contributed by atoms with Crippen LogP contribution in [0.4, 0.5) is 11.6 Å². The van der Waals surface area contributed by atoms with E-state index in [0.29, 0.717) is 22.8 Å². The molecule has 94 valence electrons. The standard InChI is InChI=1S/C12H14N4OS/c1-17-8-4-2-7(3-5-8)6-9-10(13)15-12(18)16-11(9)14/h2-5H,6H2,1H3,(H5,13,14,15,16,18). The molecular formula is C12H14N4OS. The highest BCUT2D eigenvalue weighted by molar-refractivity contribution is 7.71. The van der Waals surface area contributed by atoms with E-state index in [9.17, 15) is 0 Å². The highest BCUT2D eigenvalue weighted by Gasteiger charge is 2.07. The summed E-state index contributed by atoms with van der Waals surface area (Å²) in [5.74, 6) is 1.64. The molecule has 1 aromatic heterocycles. The van der Waals surface area contributed by atoms with Gasteiger partial charge in [-0.1, -0.05) is 12.1 Å². The maximum atomic E-state index is 5.86. The number of hydrogen-bond acceptors (Lipinski definition) is 5. The first-order valence-corrected chi connectivity index (χ1v) is 5.78. The predicted octanol–water partition coefficient (Wildman–Crippen LogP) is 1.90. The molecule has 0 aliphatic rings. The Hall–Kier alpha value is -2.08. The van der Waals surface area contributed by atoms with Gasteiger partial charge in [0.1, 0.15) is 17.4 Å². The maximum Gasteiger partial charge on any atom is 0.200 e. The van der Waals surface area contributed by atoms with Gasteiger partial charge in [-0.25, -0.2) is 4.98 Å². The number of methoxy groups -OCH3 is 1. The quantitative estimate of drug-likeness (QED) is 0.735. The number of nitrogens with two attached hydrogens (primary N) is 2. The van der Waals surface area contributed by atoms with E-state index in [1.54, 1.807) is 7.11 Å². The highest BCUT2D eigenvalue weighted by atomic mass is 32.1. The molecule has 5 nitrogen and oxygen atoms in total. The first-order chi connectivity index (χ1) is 8.60. The van der Waals surface area contributed by atoms with Gasteiger partial charge >= 0.3 is 0 Å². The molecule has 0 radical (unpaired) electrons. The number of nitrogens with one attached hydrogen (secondary N) is 1. The molecule has 0 amide bonds. The maximum absolute atomic E-state index is 5.86. The molecule has 0 fully saturated rings. The van der Waals surface area contributed by atoms with Crippen molar-refractivity contribution in [1.29, 1.82) is 0 Å². The molecule has 5 N–H and O–H groups in total. The summed E-state index contributed by atoms with van der Waals surface area (Å²) in [7, 11) is 1.63. The summed E-state index contributed by atoms with van der Waals surface area (Å²) in [6.45, 7) is 0. The molecule has 1 heterocycles. The Morgan fingerprint density at radius 3 is 2.50 bits per heavy atom. The first-order valence-electron chi connectivity index (χ1n) is 5.37. The van der Waals surface area contributed by atoms with Crippen LogP contribution in [0.15, 0.2) is 24.3 Å². The number of hydrogen-bond donors (Lipinski definition) is 3. The van der Waals surface area contributed by atoms with Crippen molar-refractivity contribution in [2.24, 2.45) is 0 Å². The van der Waals surface area contributed by atoms with E-state index in [0.717, 1.165) is 16.9 Å². The minimum atomic E-state index is 0.295. The Balaban J connectivity index is 2.31. The smallest absolute Gasteiger partial charge is 0.200 e. The van der Waals surface area contributed by atoms with Crippen LogP contribution in [0.3, 0.4) is 0 Å². The van der Waals surface area contributed by atoms with Gasteiger partial charge in [0.25, 0.3) is 0 Å². The summed E-state index contributed by atoms with van der Waals surface area (Å²) in [5.41, 5.74) is 13.5. The Morgan fingerprint density at radius 2 is 1.94 bits per heavy atom. The summed E-state index contributed by atoms with van der Waals surface area (Å²) in [5, 5.41) is 0. The van der Waals surface area contributed by atoms with Crippen molar-refractivity contribution in [1.82, 2.24) is 9.97 Å². The van der Waals surface area contributed by atoms with Gasteiger partial charge in [-0.05, 0) is 29.9 Å². The number of rotatable bonds is 3. The van der Waals surface area contributed by atoms with E-state index in [1.165, 1.54) is 0 Å². The van der Waals surface area contributed by atoms with Gasteiger partial charge in [0.2, 0.25) is 0 Å². The van der Waals surface area contributed by atoms with Crippen molar-refractivity contribution < 1.29 is 4.74 Å². The van der Waals surface area contributed by atoms with E-state index >= 15 is 0 Å². The van der Waals surface area contributed by atoms with Crippen LogP contribution in [-0.4, -0.2) is 17.1 Å². The molecule has 0 atom stereocenters. The third kappa shape index (κ3) is 2.60. The fraction of sp³-hybridized carbons (Fsp3) is 0.167. The summed E-state index contributed by atoms with van der Waals surface area (Å²) in [4.78, 5) is 6.80. The van der Waals surface area contributed by atoms with Crippen molar-refractivity contribution in [3.05, 3.63) is 40.2 Å². The molecule has 0 aliphatic heterocycles. The third-order valence-corrected chi connectivity index (χ3v) is 2.83. The SMILES string of the molecule is COc1ccc(Cc2c(N)nc(=S)[nH]c2N)cc1. The molecule has 18 heavy (non-hydrogen) atoms. The van der Waals surface area contributed by atoms with Crippen LogP contribution >= 0.6 is 12.2 Å². The molecule has 0 unspecified atom stereocenters. The lowest BCUT2D eigenvalue weighted by Crippen LogP contribution is -2.06. The Labute approximate surface area is 110 Å². The summed E-state index contributed by atoms with van der Waals surface area (Å²) < 4.78 is 5.40. The largest absolute Gasteiger partial charge is 0.497 e. The lowest BCUT2D eigenvalue weighted by Gasteiger charge is -2.08. The first kappa shape index (κ1) is 12.4. The van der Waals surface area contributed by atoms with Crippen LogP contribution < -0.4 is 16.2 Å². The lowest BCUT2D eigenvalue weighted by atomic mass is 10.1. The minimum absolute atomic E-state index is 0.295. The summed E-state index contributed by atoms with van der Waals surface area (Å²) >= 11 is 4.90. The molecule has 2 rings (SSSR count). The summed E-state index contributed by atoms with van der Waals surface area (Å²) in [6, 6.07) is 7.69. The lowest BCUT2D eigenvalue weighted by molar-refractivity contribution is 0.414. The zero-order valence-corrected chi connectivity index (χ0v) is 10.8. The number of benzene rings is 1. The normalized spacial score (nSPS) is 10.3. The number of ether oxygens (including phenoxy) is 1. The van der Waals surface area contributed by atoms with Crippen molar-refractivity contribution in [2.45, 2.75) is 6.42 Å². The Kier molecular flexibility index (Phi) is 3.47. The van der Waals surface area contributed by atoms with Crippen molar-refractivity contribution in [3.63, 3.8) is 0 Å². The number of H-pyrrole nitrogens is 1. The van der Waals surface area contributed by atoms with E-state index in [1.807, 2.05) is 24.3 Å². The molecule has 0 aliphatic carbocycles. The number of aromatic amines is 1. The molecule has 0 bridgehead atoms. The highest BCUT2D eigenvalue weighted by Crippen LogP contribution is 2.20. The fourth-order valence-corrected chi connectivity index (χ4v) is 1.88. The average molecular weight is 262 g/mol. The minimum Gasteiger partial charge on any atom is -0.497 e. The van der Waals surface area contributed by atoms with Crippen LogP contribution in [0.2, 0.25) is 0 Å². The second-order valence-corrected chi connectivity index (χ2v) is 4.23. The molecule has 0 saturated heterocycles. The van der Waals surface area contributed by atoms with Gasteiger partial charge in [-0.15, -0.1) is 0 Å². The molecular weight excluding hydrogens is 248 g/mol. The molecule has 0 saturated carbocycles. The van der Waals surface area contributed by atoms with Gasteiger partial charge in [-0.2, -0.15) is 0 Å². The van der Waals surface area contributed by atoms with Gasteiger partial charge in [0.05, 0.1) is 7.11 Å². The molecule has 2 aromatic rings. The second kappa shape index (κ2) is 5.05. The van der Waals surface area contributed by atoms with Gasteiger partial charge in [0.15, 0.2) is 4.77 Å². The van der Waals surface area contributed by atoms with E-state index in [2.05, 4.69) is 9.97 Å². The third-order valence-electron chi connectivity index (χ3n) is 2.64. The van der Waals surface area contributed by atoms with Crippen LogP contribution in [0.1, 0.15) is 11.1 Å². The number of nitrogen functional groups attached to an aromatic ring is 2. The fourth-order valence-electron chi connectivity index (χ4n) is 1.67. The number of anilines is 2. The van der Waals surface area contributed by atoms with E-state index < -0.39 is 0 Å². The Morgan fingerprint density at radius 1 is 1.28 bits per heavy atom. The summed E-state index contributed by atoms with van der Waals surface area (Å²) in [6.07, 6.45) is 0.598. The van der Waals surface area contributed by atoms with Crippen molar-refractivity contribution in [2.75, 3.05) is 18.6 Å². The van der Waals surface area contributed by atoms with Gasteiger partial charge in [-0.3, -0.25) is 0 Å². The van der Waals surface area contributed by atoms with E-state index in [4.69, 9.17) is 28.4 Å². The van der Waals surface area contributed by atoms with Crippen LogP contribution in [-0.2, 0) is 6.42 Å². The van der Waals surface area contributed by atoms with Crippen LogP contribution in [0.25, 0.3) is 0 Å². The zero-order chi connectivity index (χ0) is 13.1. The van der Waals surface area contributed by atoms with Crippen molar-refractivity contribution in [3.8, 4) is 5.75 Å². The average Bonchev–Trinajstić information content (AvgIpc) is 2.34. The monoisotopic (exact) mass is 262 g/mol. The molecule has 1 aromatic carbocycles. The van der Waals surface area contributed by atoms with Crippen LogP contribution in [0.5, 0.6) is 5.75 Å². The topological polar surface area (TPSA) is 90.0 Å². The van der Waals surface area contributed by atoms with Gasteiger partial charge in [0, 0.05) is 12.0 Å². The predicted molar refractivity (Wildman–Crippen MR) is 74.0 cm³/mol.